The molecule has 0 heterocycles. The Morgan fingerprint density at radius 1 is 0.667 bits per heavy atom. The van der Waals surface area contributed by atoms with Gasteiger partial charge in [-0.1, -0.05) is 29.8 Å². The van der Waals surface area contributed by atoms with E-state index in [9.17, 15) is 21.2 Å². The monoisotopic (exact) mass is 448 g/mol. The van der Waals surface area contributed by atoms with E-state index in [-0.39, 0.29) is 15.5 Å². The molecule has 0 fully saturated rings. The molecule has 0 radical (unpaired) electrons. The van der Waals surface area contributed by atoms with Crippen LogP contribution in [0.3, 0.4) is 0 Å². The Kier molecular flexibility index (Phi) is 5.87. The highest BCUT2D eigenvalue weighted by Gasteiger charge is 2.20. The Morgan fingerprint density at radius 2 is 1.30 bits per heavy atom. The second kappa shape index (κ2) is 8.08. The molecule has 0 aliphatic heterocycles. The van der Waals surface area contributed by atoms with E-state index in [1.54, 1.807) is 26.0 Å². The zero-order valence-corrected chi connectivity index (χ0v) is 18.2. The first-order valence-corrected chi connectivity index (χ1v) is 11.9. The third kappa shape index (κ3) is 4.80. The summed E-state index contributed by atoms with van der Waals surface area (Å²) in [5.41, 5.74) is 2.80. The summed E-state index contributed by atoms with van der Waals surface area (Å²) >= 11 is 0. The summed E-state index contributed by atoms with van der Waals surface area (Å²) in [5, 5.41) is 0. The molecule has 0 amide bonds. The number of halogens is 1. The van der Waals surface area contributed by atoms with Crippen molar-refractivity contribution in [2.24, 2.45) is 0 Å². The first-order chi connectivity index (χ1) is 14.0. The van der Waals surface area contributed by atoms with Crippen molar-refractivity contribution in [3.63, 3.8) is 0 Å². The Labute approximate surface area is 175 Å². The van der Waals surface area contributed by atoms with Gasteiger partial charge in [0.05, 0.1) is 21.2 Å². The fourth-order valence-electron chi connectivity index (χ4n) is 2.85. The first kappa shape index (κ1) is 21.8. The zero-order chi connectivity index (χ0) is 22.1. The van der Waals surface area contributed by atoms with E-state index in [4.69, 9.17) is 0 Å². The Hall–Kier alpha value is -2.91. The van der Waals surface area contributed by atoms with Crippen LogP contribution in [0.1, 0.15) is 16.7 Å². The molecular formula is C21H21FN2O4S2. The van der Waals surface area contributed by atoms with Crippen LogP contribution in [0.15, 0.2) is 70.5 Å². The van der Waals surface area contributed by atoms with Gasteiger partial charge in [-0.25, -0.2) is 21.2 Å². The number of rotatable bonds is 6. The molecule has 3 aromatic rings. The van der Waals surface area contributed by atoms with Crippen molar-refractivity contribution >= 4 is 31.4 Å². The smallest absolute Gasteiger partial charge is 0.262 e. The molecule has 0 aliphatic carbocycles. The average Bonchev–Trinajstić information content (AvgIpc) is 2.65. The minimum absolute atomic E-state index is 0.0859. The molecule has 0 aromatic heterocycles. The maximum atomic E-state index is 13.4. The van der Waals surface area contributed by atoms with Crippen molar-refractivity contribution in [3.05, 3.63) is 83.2 Å². The van der Waals surface area contributed by atoms with Gasteiger partial charge in [-0.05, 0) is 68.3 Å². The van der Waals surface area contributed by atoms with Crippen molar-refractivity contribution < 1.29 is 21.2 Å². The summed E-state index contributed by atoms with van der Waals surface area (Å²) in [7, 11) is -8.06. The predicted molar refractivity (Wildman–Crippen MR) is 115 cm³/mol. The second-order valence-corrected chi connectivity index (χ2v) is 10.3. The van der Waals surface area contributed by atoms with Gasteiger partial charge in [-0.3, -0.25) is 9.44 Å². The molecule has 3 aromatic carbocycles. The number of benzene rings is 3. The van der Waals surface area contributed by atoms with Crippen LogP contribution in [-0.4, -0.2) is 16.8 Å². The van der Waals surface area contributed by atoms with Crippen LogP contribution < -0.4 is 9.44 Å². The van der Waals surface area contributed by atoms with Crippen LogP contribution in [0, 0.1) is 26.6 Å². The maximum Gasteiger partial charge on any atom is 0.262 e. The van der Waals surface area contributed by atoms with Crippen LogP contribution in [0.25, 0.3) is 0 Å². The van der Waals surface area contributed by atoms with Crippen molar-refractivity contribution in [3.8, 4) is 0 Å². The number of hydrogen-bond donors (Lipinski definition) is 2. The standard InChI is InChI=1S/C21H21FN2O4S2/c1-14-7-10-20(16(3)11-14)23-30(27,28)19-9-8-15(2)21(13-19)24-29(25,26)18-6-4-5-17(22)12-18/h4-13,23-24H,1-3H3. The van der Waals surface area contributed by atoms with E-state index < -0.39 is 25.9 Å². The van der Waals surface area contributed by atoms with Gasteiger partial charge in [-0.15, -0.1) is 0 Å². The Bertz CT molecular complexity index is 1320. The number of hydrogen-bond acceptors (Lipinski definition) is 4. The Morgan fingerprint density at radius 3 is 1.93 bits per heavy atom. The summed E-state index contributed by atoms with van der Waals surface area (Å²) in [6.45, 7) is 5.33. The highest BCUT2D eigenvalue weighted by atomic mass is 32.2. The average molecular weight is 449 g/mol. The fourth-order valence-corrected chi connectivity index (χ4v) is 5.16. The molecule has 0 aliphatic rings. The van der Waals surface area contributed by atoms with Gasteiger partial charge in [-0.2, -0.15) is 0 Å². The molecule has 0 saturated carbocycles. The van der Waals surface area contributed by atoms with Gasteiger partial charge in [0.1, 0.15) is 5.82 Å². The minimum Gasteiger partial charge on any atom is -0.279 e. The molecule has 30 heavy (non-hydrogen) atoms. The summed E-state index contributed by atoms with van der Waals surface area (Å²) in [6.07, 6.45) is 0. The summed E-state index contributed by atoms with van der Waals surface area (Å²) in [4.78, 5) is -0.367. The van der Waals surface area contributed by atoms with Crippen LogP contribution in [0.4, 0.5) is 15.8 Å². The van der Waals surface area contributed by atoms with Crippen molar-refractivity contribution in [1.82, 2.24) is 0 Å². The molecule has 0 atom stereocenters. The molecule has 6 nitrogen and oxygen atoms in total. The second-order valence-electron chi connectivity index (χ2n) is 6.96. The van der Waals surface area contributed by atoms with Crippen molar-refractivity contribution in [1.29, 1.82) is 0 Å². The molecular weight excluding hydrogens is 427 g/mol. The fraction of sp³-hybridized carbons (Fsp3) is 0.143. The highest BCUT2D eigenvalue weighted by Crippen LogP contribution is 2.26. The van der Waals surface area contributed by atoms with Gasteiger partial charge in [0.25, 0.3) is 20.0 Å². The number of anilines is 2. The lowest BCUT2D eigenvalue weighted by atomic mass is 10.1. The van der Waals surface area contributed by atoms with Gasteiger partial charge in [0.15, 0.2) is 0 Å². The van der Waals surface area contributed by atoms with Gasteiger partial charge in [0.2, 0.25) is 0 Å². The van der Waals surface area contributed by atoms with Gasteiger partial charge < -0.3 is 0 Å². The highest BCUT2D eigenvalue weighted by molar-refractivity contribution is 7.93. The lowest BCUT2D eigenvalue weighted by molar-refractivity contribution is 0.594. The molecule has 0 saturated heterocycles. The normalized spacial score (nSPS) is 11.9. The van der Waals surface area contributed by atoms with Crippen LogP contribution >= 0.6 is 0 Å². The van der Waals surface area contributed by atoms with Crippen molar-refractivity contribution in [2.75, 3.05) is 9.44 Å². The lowest BCUT2D eigenvalue weighted by Crippen LogP contribution is -2.16. The molecule has 3 rings (SSSR count). The molecule has 158 valence electrons. The van der Waals surface area contributed by atoms with E-state index in [1.807, 2.05) is 13.0 Å². The lowest BCUT2D eigenvalue weighted by Gasteiger charge is -2.14. The number of aryl methyl sites for hydroxylation is 3. The van der Waals surface area contributed by atoms with E-state index in [1.165, 1.54) is 30.3 Å². The first-order valence-electron chi connectivity index (χ1n) is 8.97. The van der Waals surface area contributed by atoms with Crippen LogP contribution in [0.2, 0.25) is 0 Å². The quantitative estimate of drug-likeness (QED) is 0.586. The summed E-state index contributed by atoms with van der Waals surface area (Å²) < 4.78 is 69.2. The van der Waals surface area contributed by atoms with E-state index in [0.717, 1.165) is 23.3 Å². The molecule has 0 spiro atoms. The number of sulfonamides is 2. The molecule has 0 bridgehead atoms. The third-order valence-electron chi connectivity index (χ3n) is 4.50. The molecule has 0 unspecified atom stereocenters. The minimum atomic E-state index is -4.10. The summed E-state index contributed by atoms with van der Waals surface area (Å²) in [6, 6.07) is 14.0. The van der Waals surface area contributed by atoms with E-state index in [2.05, 4.69) is 9.44 Å². The van der Waals surface area contributed by atoms with Crippen LogP contribution in [0.5, 0.6) is 0 Å². The SMILES string of the molecule is Cc1ccc(NS(=O)(=O)c2ccc(C)c(NS(=O)(=O)c3cccc(F)c3)c2)c(C)c1. The van der Waals surface area contributed by atoms with E-state index in [0.29, 0.717) is 11.3 Å². The van der Waals surface area contributed by atoms with E-state index >= 15 is 0 Å². The largest absolute Gasteiger partial charge is 0.279 e. The topological polar surface area (TPSA) is 92.3 Å². The predicted octanol–water partition coefficient (Wildman–Crippen LogP) is 4.35. The zero-order valence-electron chi connectivity index (χ0n) is 16.6. The van der Waals surface area contributed by atoms with Crippen molar-refractivity contribution in [2.45, 2.75) is 30.6 Å². The molecule has 9 heteroatoms. The number of nitrogens with one attached hydrogen (secondary N) is 2. The maximum absolute atomic E-state index is 13.4. The third-order valence-corrected chi connectivity index (χ3v) is 7.22. The summed E-state index contributed by atoms with van der Waals surface area (Å²) in [5.74, 6) is -0.691. The molecule has 2 N–H and O–H groups in total. The van der Waals surface area contributed by atoms with Gasteiger partial charge >= 0.3 is 0 Å². The van der Waals surface area contributed by atoms with Crippen LogP contribution in [-0.2, 0) is 20.0 Å². The van der Waals surface area contributed by atoms with Gasteiger partial charge in [0, 0.05) is 0 Å². The Balaban J connectivity index is 1.94.